The standard InChI is InChI=1S/C3H9P3Se5Si/c1-12(2,3)11-5-4-7-6(8-5)10-9-4/h1-3H3. The third-order valence-electron chi connectivity index (χ3n) is 0.916. The molecular weight excluding hydrogens is 552 g/mol. The molecule has 0 aromatic carbocycles. The number of fused-ring (bicyclic) bond motifs is 2. The van der Waals surface area contributed by atoms with Gasteiger partial charge >= 0.3 is 104 Å². The molecule has 2 aromatic rings. The van der Waals surface area contributed by atoms with Gasteiger partial charge in [0.25, 0.3) is 0 Å². The normalized spacial score (nSPS) is 17.4. The molecule has 0 nitrogen and oxygen atoms in total. The predicted molar refractivity (Wildman–Crippen MR) is 72.9 cm³/mol. The van der Waals surface area contributed by atoms with E-state index in [0.717, 1.165) is 12.2 Å². The fourth-order valence-electron chi connectivity index (χ4n) is 0.597. The summed E-state index contributed by atoms with van der Waals surface area (Å²) < 4.78 is 2.49. The molecule has 2 rings (SSSR count). The number of rotatable bonds is 2. The van der Waals surface area contributed by atoms with Gasteiger partial charge in [-0.1, -0.05) is 0 Å². The predicted octanol–water partition coefficient (Wildman–Crippen LogP) is 2.05. The van der Waals surface area contributed by atoms with E-state index in [2.05, 4.69) is 19.6 Å². The van der Waals surface area contributed by atoms with E-state index in [1.807, 2.05) is 0 Å². The Balaban J connectivity index is 2.30. The molecule has 3 atom stereocenters. The molecule has 12 heavy (non-hydrogen) atoms. The first-order valence-electron chi connectivity index (χ1n) is 3.35. The van der Waals surface area contributed by atoms with Crippen molar-refractivity contribution in [3.8, 4) is 0 Å². The van der Waals surface area contributed by atoms with Crippen LogP contribution in [0.5, 0.6) is 0 Å². The van der Waals surface area contributed by atoms with E-state index in [4.69, 9.17) is 0 Å². The average Bonchev–Trinajstić information content (AvgIpc) is 2.42. The van der Waals surface area contributed by atoms with Gasteiger partial charge in [-0.05, 0) is 0 Å². The minimum absolute atomic E-state index is 0.599. The molecule has 0 radical (unpaired) electrons. The summed E-state index contributed by atoms with van der Waals surface area (Å²) in [7, 11) is 0. The summed E-state index contributed by atoms with van der Waals surface area (Å²) in [6.07, 6.45) is 0. The molecule has 70 valence electrons. The molecule has 9 heteroatoms. The summed E-state index contributed by atoms with van der Waals surface area (Å²) in [4.78, 5) is 0. The van der Waals surface area contributed by atoms with Gasteiger partial charge in [0.05, 0.1) is 0 Å². The van der Waals surface area contributed by atoms with Gasteiger partial charge < -0.3 is 0 Å². The van der Waals surface area contributed by atoms with Crippen LogP contribution in [0.15, 0.2) is 0 Å². The summed E-state index contributed by atoms with van der Waals surface area (Å²) >= 11 is 6.42. The summed E-state index contributed by atoms with van der Waals surface area (Å²) in [5.74, 6) is 0. The van der Waals surface area contributed by atoms with Gasteiger partial charge in [-0.25, -0.2) is 0 Å². The van der Waals surface area contributed by atoms with Gasteiger partial charge in [-0.2, -0.15) is 0 Å². The minimum atomic E-state index is -0.599. The molecule has 2 heterocycles. The molecule has 0 aliphatic heterocycles. The zero-order valence-corrected chi connectivity index (χ0v) is 19.1. The maximum atomic E-state index is 2.62. The van der Waals surface area contributed by atoms with Crippen LogP contribution in [0.25, 0.3) is 0 Å². The first kappa shape index (κ1) is 12.2. The van der Waals surface area contributed by atoms with E-state index in [1.54, 1.807) is 0 Å². The summed E-state index contributed by atoms with van der Waals surface area (Å²) in [6.45, 7) is 7.25. The second-order valence-electron chi connectivity index (χ2n) is 3.22. The topological polar surface area (TPSA) is 0 Å². The van der Waals surface area contributed by atoms with Crippen LogP contribution >= 0.6 is 12.2 Å². The molecule has 3 unspecified atom stereocenters. The third-order valence-corrected chi connectivity index (χ3v) is 173. The van der Waals surface area contributed by atoms with Gasteiger partial charge in [0.1, 0.15) is 0 Å². The Hall–Kier alpha value is 3.71. The van der Waals surface area contributed by atoms with E-state index in [0.29, 0.717) is 0 Å². The zero-order chi connectivity index (χ0) is 8.77. The Bertz CT molecular complexity index is 381. The molecule has 0 aliphatic rings. The van der Waals surface area contributed by atoms with Crippen molar-refractivity contribution < 1.29 is 0 Å². The van der Waals surface area contributed by atoms with Crippen LogP contribution in [0.2, 0.25) is 19.6 Å². The van der Waals surface area contributed by atoms with Crippen molar-refractivity contribution >= 4 is 84.3 Å². The average molecular weight is 561 g/mol. The third kappa shape index (κ3) is 3.35. The molecule has 0 spiro atoms. The van der Waals surface area contributed by atoms with Crippen molar-refractivity contribution in [2.24, 2.45) is 0 Å². The van der Waals surface area contributed by atoms with Gasteiger partial charge in [0, 0.05) is 0 Å². The molecule has 0 aliphatic carbocycles. The summed E-state index contributed by atoms with van der Waals surface area (Å²) in [6, 6.07) is 0. The molecule has 2 bridgehead atoms. The van der Waals surface area contributed by atoms with Crippen molar-refractivity contribution in [3.63, 3.8) is 0 Å². The van der Waals surface area contributed by atoms with Crippen molar-refractivity contribution in [2.45, 2.75) is 19.6 Å². The van der Waals surface area contributed by atoms with Gasteiger partial charge in [-0.15, -0.1) is 0 Å². The molecule has 0 saturated heterocycles. The van der Waals surface area contributed by atoms with Gasteiger partial charge in [0.15, 0.2) is 0 Å². The number of hydrogen-bond donors (Lipinski definition) is 0. The molecule has 0 amide bonds. The summed E-state index contributed by atoms with van der Waals surface area (Å²) in [5, 5.41) is 0. The van der Waals surface area contributed by atoms with Crippen LogP contribution in [0.3, 0.4) is 0 Å². The van der Waals surface area contributed by atoms with Crippen LogP contribution in [0, 0.1) is 0 Å². The second-order valence-corrected chi connectivity index (χ2v) is 83.5. The van der Waals surface area contributed by atoms with E-state index in [-0.39, 0.29) is 0 Å². The quantitative estimate of drug-likeness (QED) is 0.494. The Labute approximate surface area is 102 Å². The Morgan fingerprint density at radius 2 is 1.83 bits per heavy atom. The monoisotopic (exact) mass is 566 g/mol. The maximum absolute atomic E-state index is 2.62. The van der Waals surface area contributed by atoms with Crippen LogP contribution < -0.4 is 0 Å². The first-order chi connectivity index (χ1) is 5.54. The fraction of sp³-hybridized carbons (Fsp3) is 1.00. The van der Waals surface area contributed by atoms with E-state index < -0.39 is 6.68 Å². The molecule has 2 aromatic heterocycles. The zero-order valence-electron chi connectivity index (χ0n) is 6.88. The van der Waals surface area contributed by atoms with E-state index in [9.17, 15) is 0 Å². The second kappa shape index (κ2) is 4.92. The Morgan fingerprint density at radius 3 is 2.25 bits per heavy atom. The Kier molecular flexibility index (Phi) is 4.99. The van der Waals surface area contributed by atoms with Crippen molar-refractivity contribution in [1.29, 1.82) is 0 Å². The van der Waals surface area contributed by atoms with Crippen molar-refractivity contribution in [2.75, 3.05) is 0 Å². The fourth-order valence-corrected chi connectivity index (χ4v) is 396. The Morgan fingerprint density at radius 1 is 1.08 bits per heavy atom. The van der Waals surface area contributed by atoms with Gasteiger partial charge in [-0.3, -0.25) is 0 Å². The number of hydrogen-bond acceptors (Lipinski definition) is 0. The van der Waals surface area contributed by atoms with Gasteiger partial charge in [0.2, 0.25) is 0 Å². The van der Waals surface area contributed by atoms with Crippen LogP contribution in [-0.2, 0) is 0 Å². The molecule has 0 fully saturated rings. The van der Waals surface area contributed by atoms with Crippen LogP contribution in [0.4, 0.5) is 0 Å². The molecule has 0 N–H and O–H groups in total. The molecule has 0 saturated carbocycles. The SMILES string of the molecule is C[Si](C)(C)[Se]p1[se]p2[se][se]p1[se]2. The van der Waals surface area contributed by atoms with Crippen LogP contribution in [-0.4, -0.2) is 72.1 Å². The van der Waals surface area contributed by atoms with Crippen molar-refractivity contribution in [3.05, 3.63) is 0 Å². The summed E-state index contributed by atoms with van der Waals surface area (Å²) in [5.41, 5.74) is 0. The van der Waals surface area contributed by atoms with E-state index >= 15 is 0 Å². The first-order valence-corrected chi connectivity index (χ1v) is 33.9. The molecular formula is C3H9P3Se5Si. The van der Waals surface area contributed by atoms with Crippen LogP contribution in [0.1, 0.15) is 0 Å². The van der Waals surface area contributed by atoms with E-state index in [1.165, 1.54) is 65.4 Å². The van der Waals surface area contributed by atoms with Crippen molar-refractivity contribution in [1.82, 2.24) is 0 Å².